The van der Waals surface area contributed by atoms with Crippen LogP contribution in [0.2, 0.25) is 0 Å². The number of nitrogens with one attached hydrogen (secondary N) is 1. The van der Waals surface area contributed by atoms with E-state index in [0.29, 0.717) is 28.1 Å². The lowest BCUT2D eigenvalue weighted by Gasteiger charge is -2.19. The number of carbonyl (C=O) groups excluding carboxylic acids is 2. The molecule has 0 radical (unpaired) electrons. The second-order valence-electron chi connectivity index (χ2n) is 6.79. The van der Waals surface area contributed by atoms with Gasteiger partial charge in [0.25, 0.3) is 5.91 Å². The van der Waals surface area contributed by atoms with Gasteiger partial charge < -0.3 is 19.7 Å². The fourth-order valence-corrected chi connectivity index (χ4v) is 3.33. The summed E-state index contributed by atoms with van der Waals surface area (Å²) in [6.07, 6.45) is 0.856. The van der Waals surface area contributed by atoms with Crippen molar-refractivity contribution < 1.29 is 19.1 Å². The maximum Gasteiger partial charge on any atom is 0.254 e. The molecule has 0 heterocycles. The Morgan fingerprint density at radius 1 is 1.21 bits per heavy atom. The largest absolute Gasteiger partial charge is 0.493 e. The number of ether oxygens (including phenoxy) is 2. The summed E-state index contributed by atoms with van der Waals surface area (Å²) in [5, 5.41) is 2.87. The van der Waals surface area contributed by atoms with E-state index in [9.17, 15) is 9.59 Å². The fraction of sp³-hybridized carbons (Fsp3) is 0.364. The summed E-state index contributed by atoms with van der Waals surface area (Å²) in [4.78, 5) is 26.6. The van der Waals surface area contributed by atoms with Crippen molar-refractivity contribution in [2.24, 2.45) is 0 Å². The molecular formula is C22H27BrN2O4. The van der Waals surface area contributed by atoms with Crippen molar-refractivity contribution in [2.75, 3.05) is 32.6 Å². The molecule has 0 aliphatic rings. The van der Waals surface area contributed by atoms with Crippen molar-refractivity contribution in [2.45, 2.75) is 27.2 Å². The highest BCUT2D eigenvalue weighted by molar-refractivity contribution is 9.10. The van der Waals surface area contributed by atoms with Gasteiger partial charge in [0.2, 0.25) is 5.91 Å². The minimum Gasteiger partial charge on any atom is -0.493 e. The Balaban J connectivity index is 2.12. The molecule has 7 heteroatoms. The Morgan fingerprint density at radius 3 is 2.59 bits per heavy atom. The van der Waals surface area contributed by atoms with Crippen LogP contribution in [0.25, 0.3) is 0 Å². The second kappa shape index (κ2) is 10.3. The van der Waals surface area contributed by atoms with Crippen LogP contribution in [0.4, 0.5) is 5.69 Å². The number of benzene rings is 2. The van der Waals surface area contributed by atoms with Crippen LogP contribution < -0.4 is 14.8 Å². The molecule has 0 saturated carbocycles. The molecule has 2 aromatic rings. The van der Waals surface area contributed by atoms with E-state index >= 15 is 0 Å². The molecule has 2 aromatic carbocycles. The van der Waals surface area contributed by atoms with E-state index in [0.717, 1.165) is 23.2 Å². The molecule has 156 valence electrons. The van der Waals surface area contributed by atoms with Gasteiger partial charge in [0.1, 0.15) is 0 Å². The van der Waals surface area contributed by atoms with Gasteiger partial charge in [0, 0.05) is 18.3 Å². The predicted molar refractivity (Wildman–Crippen MR) is 118 cm³/mol. The van der Waals surface area contributed by atoms with Gasteiger partial charge in [-0.1, -0.05) is 19.1 Å². The molecular weight excluding hydrogens is 436 g/mol. The summed E-state index contributed by atoms with van der Waals surface area (Å²) < 4.78 is 11.7. The van der Waals surface area contributed by atoms with Gasteiger partial charge in [-0.15, -0.1) is 0 Å². The van der Waals surface area contributed by atoms with E-state index in [1.807, 2.05) is 39.0 Å². The lowest BCUT2D eigenvalue weighted by atomic mass is 10.1. The predicted octanol–water partition coefficient (Wildman–Crippen LogP) is 4.57. The van der Waals surface area contributed by atoms with Crippen LogP contribution in [0.3, 0.4) is 0 Å². The van der Waals surface area contributed by atoms with Crippen molar-refractivity contribution >= 4 is 33.4 Å². The van der Waals surface area contributed by atoms with Gasteiger partial charge in [-0.25, -0.2) is 0 Å². The normalized spacial score (nSPS) is 10.4. The van der Waals surface area contributed by atoms with Crippen LogP contribution in [0.15, 0.2) is 34.8 Å². The monoisotopic (exact) mass is 462 g/mol. The lowest BCUT2D eigenvalue weighted by molar-refractivity contribution is -0.116. The SMILES string of the molecule is CCCOc1c(Br)cc(C(=O)N(C)CC(=O)Nc2cccc(C)c2C)cc1OC. The second-order valence-corrected chi connectivity index (χ2v) is 7.65. The first-order valence-electron chi connectivity index (χ1n) is 9.40. The topological polar surface area (TPSA) is 67.9 Å². The van der Waals surface area contributed by atoms with Gasteiger partial charge in [-0.2, -0.15) is 0 Å². The Bertz CT molecular complexity index is 899. The van der Waals surface area contributed by atoms with Gasteiger partial charge in [0.15, 0.2) is 11.5 Å². The molecule has 0 atom stereocenters. The van der Waals surface area contributed by atoms with E-state index < -0.39 is 0 Å². The minimum absolute atomic E-state index is 0.0692. The van der Waals surface area contributed by atoms with E-state index in [1.54, 1.807) is 19.2 Å². The zero-order valence-electron chi connectivity index (χ0n) is 17.5. The summed E-state index contributed by atoms with van der Waals surface area (Å²) in [7, 11) is 3.11. The minimum atomic E-state index is -0.290. The maximum atomic E-state index is 12.8. The average molecular weight is 463 g/mol. The van der Waals surface area contributed by atoms with Crippen molar-refractivity contribution in [3.8, 4) is 11.5 Å². The Hall–Kier alpha value is -2.54. The zero-order valence-corrected chi connectivity index (χ0v) is 19.1. The number of halogens is 1. The first-order valence-corrected chi connectivity index (χ1v) is 10.2. The Morgan fingerprint density at radius 2 is 1.93 bits per heavy atom. The van der Waals surface area contributed by atoms with Crippen LogP contribution in [-0.2, 0) is 4.79 Å². The molecule has 0 aromatic heterocycles. The van der Waals surface area contributed by atoms with Crippen molar-refractivity contribution in [1.29, 1.82) is 0 Å². The summed E-state index contributed by atoms with van der Waals surface area (Å²) >= 11 is 3.44. The number of likely N-dealkylation sites (N-methyl/N-ethyl adjacent to an activating group) is 1. The molecule has 2 rings (SSSR count). The number of nitrogens with zero attached hydrogens (tertiary/aromatic N) is 1. The lowest BCUT2D eigenvalue weighted by Crippen LogP contribution is -2.35. The highest BCUT2D eigenvalue weighted by Crippen LogP contribution is 2.37. The van der Waals surface area contributed by atoms with Gasteiger partial charge in [0.05, 0.1) is 24.7 Å². The Labute approximate surface area is 180 Å². The maximum absolute atomic E-state index is 12.8. The van der Waals surface area contributed by atoms with Crippen LogP contribution >= 0.6 is 15.9 Å². The number of hydrogen-bond acceptors (Lipinski definition) is 4. The smallest absolute Gasteiger partial charge is 0.254 e. The van der Waals surface area contributed by atoms with Crippen molar-refractivity contribution in [3.05, 3.63) is 51.5 Å². The third-order valence-corrected chi connectivity index (χ3v) is 5.12. The molecule has 29 heavy (non-hydrogen) atoms. The Kier molecular flexibility index (Phi) is 8.08. The number of carbonyl (C=O) groups is 2. The number of methoxy groups -OCH3 is 1. The number of amides is 2. The standard InChI is InChI=1S/C22H27BrN2O4/c1-6-10-29-21-17(23)11-16(12-19(21)28-5)22(27)25(4)13-20(26)24-18-9-7-8-14(2)15(18)3/h7-9,11-12H,6,10,13H2,1-5H3,(H,24,26). The quantitative estimate of drug-likeness (QED) is 0.623. The van der Waals surface area contributed by atoms with Crippen LogP contribution in [0.5, 0.6) is 11.5 Å². The van der Waals surface area contributed by atoms with Crippen LogP contribution in [0.1, 0.15) is 34.8 Å². The van der Waals surface area contributed by atoms with Crippen molar-refractivity contribution in [1.82, 2.24) is 4.90 Å². The number of aryl methyl sites for hydroxylation is 1. The van der Waals surface area contributed by atoms with E-state index in [-0.39, 0.29) is 18.4 Å². The summed E-state index contributed by atoms with van der Waals surface area (Å²) in [6, 6.07) is 9.02. The molecule has 0 aliphatic heterocycles. The van der Waals surface area contributed by atoms with Gasteiger partial charge in [-0.3, -0.25) is 9.59 Å². The molecule has 0 aliphatic carbocycles. The van der Waals surface area contributed by atoms with E-state index in [2.05, 4.69) is 21.2 Å². The molecule has 0 unspecified atom stereocenters. The number of hydrogen-bond donors (Lipinski definition) is 1. The first-order chi connectivity index (χ1) is 13.8. The summed E-state index contributed by atoms with van der Waals surface area (Å²) in [5.74, 6) is 0.469. The average Bonchev–Trinajstić information content (AvgIpc) is 2.69. The molecule has 1 N–H and O–H groups in total. The van der Waals surface area contributed by atoms with Crippen LogP contribution in [0, 0.1) is 13.8 Å². The fourth-order valence-electron chi connectivity index (χ4n) is 2.77. The summed E-state index contributed by atoms with van der Waals surface area (Å²) in [6.45, 7) is 6.42. The first kappa shape index (κ1) is 22.7. The molecule has 2 amide bonds. The summed E-state index contributed by atoms with van der Waals surface area (Å²) in [5.41, 5.74) is 3.25. The van der Waals surface area contributed by atoms with Gasteiger partial charge >= 0.3 is 0 Å². The van der Waals surface area contributed by atoms with Crippen molar-refractivity contribution in [3.63, 3.8) is 0 Å². The molecule has 0 spiro atoms. The van der Waals surface area contributed by atoms with Gasteiger partial charge in [-0.05, 0) is 65.5 Å². The zero-order chi connectivity index (χ0) is 21.6. The molecule has 0 bridgehead atoms. The molecule has 0 fully saturated rings. The molecule has 6 nitrogen and oxygen atoms in total. The highest BCUT2D eigenvalue weighted by Gasteiger charge is 2.20. The number of anilines is 1. The number of rotatable bonds is 8. The third kappa shape index (κ3) is 5.73. The van der Waals surface area contributed by atoms with E-state index in [4.69, 9.17) is 9.47 Å². The van der Waals surface area contributed by atoms with E-state index in [1.165, 1.54) is 12.0 Å². The third-order valence-electron chi connectivity index (χ3n) is 4.53. The van der Waals surface area contributed by atoms with Crippen LogP contribution in [-0.4, -0.2) is 44.0 Å². The molecule has 0 saturated heterocycles. The highest BCUT2D eigenvalue weighted by atomic mass is 79.9.